The fraction of sp³-hybridized carbons (Fsp3) is 0.133. The molecule has 0 aromatic heterocycles. The van der Waals surface area contributed by atoms with Gasteiger partial charge in [-0.15, -0.1) is 0 Å². The fourth-order valence-corrected chi connectivity index (χ4v) is 1.99. The first kappa shape index (κ1) is 14.1. The minimum Gasteiger partial charge on any atom is -0.478 e. The van der Waals surface area contributed by atoms with Gasteiger partial charge in [0, 0.05) is 11.6 Å². The minimum absolute atomic E-state index is 0.0601. The highest BCUT2D eigenvalue weighted by atomic mass is 19.1. The van der Waals surface area contributed by atoms with Crippen molar-refractivity contribution in [2.75, 3.05) is 0 Å². The van der Waals surface area contributed by atoms with Gasteiger partial charge in [-0.05, 0) is 30.2 Å². The van der Waals surface area contributed by atoms with Gasteiger partial charge in [0.2, 0.25) is 0 Å². The zero-order valence-electron chi connectivity index (χ0n) is 10.6. The van der Waals surface area contributed by atoms with Crippen LogP contribution in [0.15, 0.2) is 36.4 Å². The fourth-order valence-electron chi connectivity index (χ4n) is 1.99. The van der Waals surface area contributed by atoms with E-state index in [1.807, 2.05) is 0 Å². The first-order valence-corrected chi connectivity index (χ1v) is 5.87. The number of hydrogen-bond donors (Lipinski definition) is 2. The van der Waals surface area contributed by atoms with Crippen molar-refractivity contribution in [3.63, 3.8) is 0 Å². The number of rotatable bonds is 3. The third-order valence-corrected chi connectivity index (χ3v) is 3.06. The van der Waals surface area contributed by atoms with Gasteiger partial charge < -0.3 is 10.2 Å². The van der Waals surface area contributed by atoms with Crippen LogP contribution in [0.2, 0.25) is 0 Å². The van der Waals surface area contributed by atoms with E-state index < -0.39 is 23.7 Å². The number of aromatic carboxylic acids is 1. The Kier molecular flexibility index (Phi) is 3.81. The summed E-state index contributed by atoms with van der Waals surface area (Å²) in [5.74, 6) is -2.86. The molecule has 0 aliphatic rings. The van der Waals surface area contributed by atoms with Crippen molar-refractivity contribution in [3.8, 4) is 0 Å². The molecule has 104 valence electrons. The Morgan fingerprint density at radius 3 is 2.40 bits per heavy atom. The molecule has 0 radical (unpaired) electrons. The molecule has 0 spiro atoms. The number of hydrogen-bond acceptors (Lipinski definition) is 2. The van der Waals surface area contributed by atoms with Gasteiger partial charge in [-0.1, -0.05) is 18.2 Å². The van der Waals surface area contributed by atoms with Crippen LogP contribution in [0.1, 0.15) is 33.2 Å². The molecule has 0 bridgehead atoms. The second-order valence-corrected chi connectivity index (χ2v) is 4.42. The average Bonchev–Trinajstić information content (AvgIpc) is 2.42. The lowest BCUT2D eigenvalue weighted by molar-refractivity contribution is 0.0691. The van der Waals surface area contributed by atoms with Gasteiger partial charge in [0.05, 0.1) is 5.56 Å². The monoisotopic (exact) mass is 278 g/mol. The Labute approximate surface area is 114 Å². The quantitative estimate of drug-likeness (QED) is 0.907. The maximum Gasteiger partial charge on any atom is 0.336 e. The van der Waals surface area contributed by atoms with Crippen LogP contribution in [0.5, 0.6) is 0 Å². The van der Waals surface area contributed by atoms with Gasteiger partial charge in [-0.2, -0.15) is 0 Å². The van der Waals surface area contributed by atoms with E-state index in [2.05, 4.69) is 0 Å². The maximum absolute atomic E-state index is 13.8. The minimum atomic E-state index is -1.47. The smallest absolute Gasteiger partial charge is 0.336 e. The molecule has 1 atom stereocenters. The summed E-state index contributed by atoms with van der Waals surface area (Å²) in [6.45, 7) is 1.44. The molecule has 0 saturated carbocycles. The predicted molar refractivity (Wildman–Crippen MR) is 68.6 cm³/mol. The Balaban J connectivity index is 2.55. The Morgan fingerprint density at radius 2 is 1.75 bits per heavy atom. The standard InChI is InChI=1S/C15H12F2O3/c1-8-6-11(13(17)7-12(8)16)14(18)9-4-2-3-5-10(9)15(19)20/h2-7,14,18H,1H3,(H,19,20). The molecule has 2 rings (SSSR count). The number of aliphatic hydroxyl groups is 1. The van der Waals surface area contributed by atoms with Crippen molar-refractivity contribution in [1.82, 2.24) is 0 Å². The zero-order valence-corrected chi connectivity index (χ0v) is 10.6. The van der Waals surface area contributed by atoms with E-state index in [-0.39, 0.29) is 22.3 Å². The van der Waals surface area contributed by atoms with E-state index >= 15 is 0 Å². The van der Waals surface area contributed by atoms with Crippen LogP contribution in [-0.2, 0) is 0 Å². The largest absolute Gasteiger partial charge is 0.478 e. The molecule has 1 unspecified atom stereocenters. The van der Waals surface area contributed by atoms with Crippen molar-refractivity contribution < 1.29 is 23.8 Å². The Bertz CT molecular complexity index is 668. The van der Waals surface area contributed by atoms with Gasteiger partial charge in [0.25, 0.3) is 0 Å². The summed E-state index contributed by atoms with van der Waals surface area (Å²) in [6.07, 6.45) is -1.47. The van der Waals surface area contributed by atoms with E-state index in [9.17, 15) is 18.7 Å². The van der Waals surface area contributed by atoms with Crippen molar-refractivity contribution >= 4 is 5.97 Å². The summed E-state index contributed by atoms with van der Waals surface area (Å²) in [4.78, 5) is 11.1. The molecule has 0 heterocycles. The molecule has 3 nitrogen and oxygen atoms in total. The number of aryl methyl sites for hydroxylation is 1. The van der Waals surface area contributed by atoms with E-state index in [1.54, 1.807) is 6.07 Å². The highest BCUT2D eigenvalue weighted by Crippen LogP contribution is 2.28. The summed E-state index contributed by atoms with van der Waals surface area (Å²) in [5.41, 5.74) is -0.0443. The lowest BCUT2D eigenvalue weighted by atomic mass is 9.95. The van der Waals surface area contributed by atoms with Gasteiger partial charge in [0.1, 0.15) is 17.7 Å². The first-order valence-electron chi connectivity index (χ1n) is 5.87. The molecular weight excluding hydrogens is 266 g/mol. The molecule has 0 saturated heterocycles. The number of carbonyl (C=O) groups is 1. The Hall–Kier alpha value is -2.27. The molecule has 0 amide bonds. The van der Waals surface area contributed by atoms with Gasteiger partial charge >= 0.3 is 5.97 Å². The van der Waals surface area contributed by atoms with E-state index in [0.29, 0.717) is 6.07 Å². The summed E-state index contributed by atoms with van der Waals surface area (Å²) < 4.78 is 27.0. The van der Waals surface area contributed by atoms with Crippen LogP contribution >= 0.6 is 0 Å². The normalized spacial score (nSPS) is 12.2. The number of benzene rings is 2. The molecule has 20 heavy (non-hydrogen) atoms. The van der Waals surface area contributed by atoms with Crippen molar-refractivity contribution in [2.24, 2.45) is 0 Å². The maximum atomic E-state index is 13.8. The van der Waals surface area contributed by atoms with E-state index in [0.717, 1.165) is 0 Å². The number of carboxylic acid groups (broad SMARTS) is 1. The number of aliphatic hydroxyl groups excluding tert-OH is 1. The molecule has 2 aromatic rings. The third-order valence-electron chi connectivity index (χ3n) is 3.06. The second-order valence-electron chi connectivity index (χ2n) is 4.42. The van der Waals surface area contributed by atoms with Crippen LogP contribution in [-0.4, -0.2) is 16.2 Å². The summed E-state index contributed by atoms with van der Waals surface area (Å²) in [7, 11) is 0. The summed E-state index contributed by atoms with van der Waals surface area (Å²) in [5, 5.41) is 19.3. The van der Waals surface area contributed by atoms with E-state index in [1.165, 1.54) is 31.2 Å². The van der Waals surface area contributed by atoms with E-state index in [4.69, 9.17) is 5.11 Å². The van der Waals surface area contributed by atoms with Gasteiger partial charge in [-0.3, -0.25) is 0 Å². The van der Waals surface area contributed by atoms with Crippen LogP contribution in [0.25, 0.3) is 0 Å². The van der Waals surface area contributed by atoms with Crippen molar-refractivity contribution in [3.05, 3.63) is 70.3 Å². The van der Waals surface area contributed by atoms with Crippen LogP contribution in [0, 0.1) is 18.6 Å². The van der Waals surface area contributed by atoms with Gasteiger partial charge in [0.15, 0.2) is 0 Å². The lowest BCUT2D eigenvalue weighted by Crippen LogP contribution is -2.10. The summed E-state index contributed by atoms with van der Waals surface area (Å²) >= 11 is 0. The second kappa shape index (κ2) is 5.38. The molecular formula is C15H12F2O3. The van der Waals surface area contributed by atoms with Crippen LogP contribution < -0.4 is 0 Å². The average molecular weight is 278 g/mol. The highest BCUT2D eigenvalue weighted by Gasteiger charge is 2.21. The SMILES string of the molecule is Cc1cc(C(O)c2ccccc2C(=O)O)c(F)cc1F. The zero-order chi connectivity index (χ0) is 14.9. The molecule has 2 aromatic carbocycles. The topological polar surface area (TPSA) is 57.5 Å². The molecule has 0 aliphatic carbocycles. The summed E-state index contributed by atoms with van der Waals surface area (Å²) in [6, 6.07) is 7.61. The van der Waals surface area contributed by atoms with Crippen molar-refractivity contribution in [1.29, 1.82) is 0 Å². The first-order chi connectivity index (χ1) is 9.41. The lowest BCUT2D eigenvalue weighted by Gasteiger charge is -2.15. The van der Waals surface area contributed by atoms with Gasteiger partial charge in [-0.25, -0.2) is 13.6 Å². The molecule has 2 N–H and O–H groups in total. The van der Waals surface area contributed by atoms with Crippen LogP contribution in [0.4, 0.5) is 8.78 Å². The number of carboxylic acids is 1. The van der Waals surface area contributed by atoms with Crippen molar-refractivity contribution in [2.45, 2.75) is 13.0 Å². The molecule has 5 heteroatoms. The van der Waals surface area contributed by atoms with Crippen LogP contribution in [0.3, 0.4) is 0 Å². The molecule has 0 aliphatic heterocycles. The third kappa shape index (κ3) is 2.53. The molecule has 0 fully saturated rings. The number of halogens is 2. The highest BCUT2D eigenvalue weighted by molar-refractivity contribution is 5.89. The predicted octanol–water partition coefficient (Wildman–Crippen LogP) is 3.05. The Morgan fingerprint density at radius 1 is 1.10 bits per heavy atom.